The Morgan fingerprint density at radius 1 is 0.947 bits per heavy atom. The van der Waals surface area contributed by atoms with Gasteiger partial charge in [-0.15, -0.1) is 0 Å². The van der Waals surface area contributed by atoms with Gasteiger partial charge in [0, 0.05) is 19.6 Å². The number of likely N-dealkylation sites (tertiary alicyclic amines) is 1. The number of piperidine rings is 1. The average molecular weight is 268 g/mol. The molecule has 0 saturated carbocycles. The summed E-state index contributed by atoms with van der Waals surface area (Å²) >= 11 is 0. The van der Waals surface area contributed by atoms with E-state index >= 15 is 0 Å². The molecule has 1 saturated heterocycles. The van der Waals surface area contributed by atoms with E-state index in [0.717, 1.165) is 13.1 Å². The lowest BCUT2D eigenvalue weighted by atomic mass is 9.74. The molecule has 0 bridgehead atoms. The van der Waals surface area contributed by atoms with Crippen LogP contribution in [-0.2, 0) is 0 Å². The summed E-state index contributed by atoms with van der Waals surface area (Å²) < 4.78 is 0. The van der Waals surface area contributed by atoms with E-state index < -0.39 is 0 Å². The molecule has 1 aliphatic heterocycles. The van der Waals surface area contributed by atoms with Gasteiger partial charge in [0.1, 0.15) is 0 Å². The summed E-state index contributed by atoms with van der Waals surface area (Å²) in [6.45, 7) is 18.0. The van der Waals surface area contributed by atoms with E-state index in [-0.39, 0.29) is 0 Å². The van der Waals surface area contributed by atoms with Gasteiger partial charge in [-0.3, -0.25) is 0 Å². The first-order chi connectivity index (χ1) is 8.85. The zero-order valence-electron chi connectivity index (χ0n) is 14.0. The van der Waals surface area contributed by atoms with Gasteiger partial charge in [0.15, 0.2) is 0 Å². The van der Waals surface area contributed by atoms with Gasteiger partial charge in [-0.25, -0.2) is 0 Å². The molecule has 0 aromatic carbocycles. The Hall–Kier alpha value is -0.0800. The van der Waals surface area contributed by atoms with Crippen LogP contribution in [0.15, 0.2) is 0 Å². The molecule has 19 heavy (non-hydrogen) atoms. The van der Waals surface area contributed by atoms with Gasteiger partial charge >= 0.3 is 0 Å². The molecule has 0 aliphatic carbocycles. The minimum absolute atomic E-state index is 0.404. The van der Waals surface area contributed by atoms with Crippen molar-refractivity contribution in [1.82, 2.24) is 10.2 Å². The van der Waals surface area contributed by atoms with E-state index in [1.54, 1.807) is 0 Å². The second-order valence-corrected chi connectivity index (χ2v) is 7.94. The van der Waals surface area contributed by atoms with Crippen molar-refractivity contribution in [2.24, 2.45) is 10.8 Å². The number of rotatable bonds is 8. The van der Waals surface area contributed by atoms with Gasteiger partial charge in [-0.1, -0.05) is 47.5 Å². The van der Waals surface area contributed by atoms with Crippen LogP contribution < -0.4 is 5.32 Å². The molecule has 0 atom stereocenters. The number of nitrogens with one attached hydrogen (secondary N) is 1. The fourth-order valence-corrected chi connectivity index (χ4v) is 3.33. The highest BCUT2D eigenvalue weighted by Gasteiger charge is 2.27. The Morgan fingerprint density at radius 2 is 1.58 bits per heavy atom. The van der Waals surface area contributed by atoms with Crippen molar-refractivity contribution in [3.8, 4) is 0 Å². The van der Waals surface area contributed by atoms with Crippen LogP contribution in [-0.4, -0.2) is 37.6 Å². The van der Waals surface area contributed by atoms with Gasteiger partial charge in [-0.2, -0.15) is 0 Å². The summed E-state index contributed by atoms with van der Waals surface area (Å²) in [5, 5.41) is 3.68. The fraction of sp³-hybridized carbons (Fsp3) is 1.00. The van der Waals surface area contributed by atoms with E-state index in [4.69, 9.17) is 0 Å². The molecular formula is C17H36N2. The van der Waals surface area contributed by atoms with Crippen LogP contribution >= 0.6 is 0 Å². The predicted molar refractivity (Wildman–Crippen MR) is 85.6 cm³/mol. The fourth-order valence-electron chi connectivity index (χ4n) is 3.33. The van der Waals surface area contributed by atoms with Crippen LogP contribution in [0.2, 0.25) is 0 Å². The predicted octanol–water partition coefficient (Wildman–Crippen LogP) is 3.91. The third kappa shape index (κ3) is 7.31. The molecule has 0 radical (unpaired) electrons. The van der Waals surface area contributed by atoms with Crippen molar-refractivity contribution >= 4 is 0 Å². The molecule has 0 spiro atoms. The molecule has 1 fully saturated rings. The van der Waals surface area contributed by atoms with E-state index in [1.807, 2.05) is 0 Å². The summed E-state index contributed by atoms with van der Waals surface area (Å²) in [7, 11) is 0. The lowest BCUT2D eigenvalue weighted by Gasteiger charge is -2.35. The first kappa shape index (κ1) is 17.0. The normalized spacial score (nSPS) is 18.8. The summed E-state index contributed by atoms with van der Waals surface area (Å²) in [5.74, 6) is 0. The molecule has 114 valence electrons. The van der Waals surface area contributed by atoms with Crippen molar-refractivity contribution in [3.63, 3.8) is 0 Å². The van der Waals surface area contributed by atoms with E-state index in [9.17, 15) is 0 Å². The Bertz CT molecular complexity index is 240. The monoisotopic (exact) mass is 268 g/mol. The van der Waals surface area contributed by atoms with Crippen LogP contribution in [0.1, 0.15) is 66.7 Å². The van der Waals surface area contributed by atoms with Crippen LogP contribution in [0, 0.1) is 10.8 Å². The molecule has 2 heteroatoms. The van der Waals surface area contributed by atoms with Gasteiger partial charge in [0.05, 0.1) is 0 Å². The van der Waals surface area contributed by atoms with Crippen LogP contribution in [0.3, 0.4) is 0 Å². The Labute approximate surface area is 121 Å². The summed E-state index contributed by atoms with van der Waals surface area (Å²) in [5.41, 5.74) is 0.874. The molecule has 1 heterocycles. The second kappa shape index (κ2) is 7.64. The van der Waals surface area contributed by atoms with Gasteiger partial charge in [0.25, 0.3) is 0 Å². The molecule has 2 nitrogen and oxygen atoms in total. The summed E-state index contributed by atoms with van der Waals surface area (Å²) in [6, 6.07) is 0. The molecule has 0 unspecified atom stereocenters. The van der Waals surface area contributed by atoms with Gasteiger partial charge in [0.2, 0.25) is 0 Å². The van der Waals surface area contributed by atoms with Crippen molar-refractivity contribution in [2.45, 2.75) is 66.7 Å². The Kier molecular flexibility index (Phi) is 6.82. The van der Waals surface area contributed by atoms with E-state index in [2.05, 4.69) is 44.8 Å². The zero-order chi connectivity index (χ0) is 14.4. The third-order valence-corrected chi connectivity index (χ3v) is 4.57. The Morgan fingerprint density at radius 3 is 2.16 bits per heavy atom. The molecule has 0 aromatic rings. The van der Waals surface area contributed by atoms with Gasteiger partial charge in [-0.05, 0) is 43.2 Å². The zero-order valence-corrected chi connectivity index (χ0v) is 14.0. The van der Waals surface area contributed by atoms with Gasteiger partial charge < -0.3 is 10.2 Å². The number of nitrogens with zero attached hydrogens (tertiary/aromatic N) is 1. The maximum Gasteiger partial charge on any atom is 0.0107 e. The first-order valence-corrected chi connectivity index (χ1v) is 8.28. The smallest absolute Gasteiger partial charge is 0.0107 e. The van der Waals surface area contributed by atoms with Crippen LogP contribution in [0.25, 0.3) is 0 Å². The maximum absolute atomic E-state index is 3.68. The number of hydrogen-bond acceptors (Lipinski definition) is 2. The van der Waals surface area contributed by atoms with Crippen molar-refractivity contribution in [3.05, 3.63) is 0 Å². The highest BCUT2D eigenvalue weighted by Crippen LogP contribution is 2.35. The molecular weight excluding hydrogens is 232 g/mol. The Balaban J connectivity index is 2.16. The van der Waals surface area contributed by atoms with E-state index in [0.29, 0.717) is 10.8 Å². The molecule has 1 rings (SSSR count). The molecule has 0 amide bonds. The second-order valence-electron chi connectivity index (χ2n) is 7.94. The van der Waals surface area contributed by atoms with Crippen molar-refractivity contribution in [2.75, 3.05) is 32.7 Å². The SMILES string of the molecule is CCC(C)(C)CC(C)(C)CNCCN1CCCCC1. The van der Waals surface area contributed by atoms with E-state index in [1.165, 1.54) is 51.7 Å². The lowest BCUT2D eigenvalue weighted by molar-refractivity contribution is 0.178. The molecule has 1 N–H and O–H groups in total. The summed E-state index contributed by atoms with van der Waals surface area (Å²) in [4.78, 5) is 2.61. The lowest BCUT2D eigenvalue weighted by Crippen LogP contribution is -2.39. The topological polar surface area (TPSA) is 15.3 Å². The highest BCUT2D eigenvalue weighted by atomic mass is 15.1. The minimum Gasteiger partial charge on any atom is -0.315 e. The maximum atomic E-state index is 3.68. The van der Waals surface area contributed by atoms with Crippen LogP contribution in [0.5, 0.6) is 0 Å². The minimum atomic E-state index is 0.404. The molecule has 0 aromatic heterocycles. The summed E-state index contributed by atoms with van der Waals surface area (Å²) in [6.07, 6.45) is 6.80. The quantitative estimate of drug-likeness (QED) is 0.671. The largest absolute Gasteiger partial charge is 0.315 e. The molecule has 1 aliphatic rings. The first-order valence-electron chi connectivity index (χ1n) is 8.28. The highest BCUT2D eigenvalue weighted by molar-refractivity contribution is 4.80. The van der Waals surface area contributed by atoms with Crippen molar-refractivity contribution < 1.29 is 0 Å². The van der Waals surface area contributed by atoms with Crippen molar-refractivity contribution in [1.29, 1.82) is 0 Å². The third-order valence-electron chi connectivity index (χ3n) is 4.57. The van der Waals surface area contributed by atoms with Crippen LogP contribution in [0.4, 0.5) is 0 Å². The average Bonchev–Trinajstić information content (AvgIpc) is 2.35. The number of hydrogen-bond donors (Lipinski definition) is 1. The standard InChI is InChI=1S/C17H36N2/c1-6-16(2,3)14-17(4,5)15-18-10-13-19-11-8-7-9-12-19/h18H,6-15H2,1-5H3.